The molecule has 0 unspecified atom stereocenters. The molecule has 0 atom stereocenters. The topological polar surface area (TPSA) is 66.0 Å². The maximum absolute atomic E-state index is 13.0. The Morgan fingerprint density at radius 2 is 1.79 bits per heavy atom. The van der Waals surface area contributed by atoms with E-state index in [1.54, 1.807) is 12.1 Å². The molecule has 0 saturated carbocycles. The standard InChI is InChI=1S/C21H12F4N2O2/c22-16-6-4-13(5-7-16)19-9-8-18(29-19)10-14(12-26)20(28)27-17-3-1-2-15(11-17)21(23,24)25/h1-11H,(H,27,28). The fraction of sp³-hybridized carbons (Fsp3) is 0.0476. The molecule has 0 fully saturated rings. The number of nitrogens with zero attached hydrogens (tertiary/aromatic N) is 1. The first-order chi connectivity index (χ1) is 13.8. The van der Waals surface area contributed by atoms with E-state index in [4.69, 9.17) is 4.42 Å². The Kier molecular flexibility index (Phi) is 5.50. The highest BCUT2D eigenvalue weighted by Gasteiger charge is 2.30. The van der Waals surface area contributed by atoms with Gasteiger partial charge in [-0.3, -0.25) is 4.79 Å². The number of rotatable bonds is 4. The van der Waals surface area contributed by atoms with Crippen LogP contribution >= 0.6 is 0 Å². The molecular formula is C21H12F4N2O2. The summed E-state index contributed by atoms with van der Waals surface area (Å²) >= 11 is 0. The lowest BCUT2D eigenvalue weighted by atomic mass is 10.1. The van der Waals surface area contributed by atoms with E-state index < -0.39 is 23.5 Å². The molecule has 1 aromatic heterocycles. The summed E-state index contributed by atoms with van der Waals surface area (Å²) in [5, 5.41) is 11.5. The van der Waals surface area contributed by atoms with Gasteiger partial charge in [0.05, 0.1) is 5.56 Å². The average molecular weight is 400 g/mol. The Bertz CT molecular complexity index is 1110. The van der Waals surface area contributed by atoms with Gasteiger partial charge in [0.15, 0.2) is 0 Å². The van der Waals surface area contributed by atoms with Crippen molar-refractivity contribution in [3.63, 3.8) is 0 Å². The highest BCUT2D eigenvalue weighted by atomic mass is 19.4. The van der Waals surface area contributed by atoms with Crippen molar-refractivity contribution < 1.29 is 26.8 Å². The molecule has 0 radical (unpaired) electrons. The van der Waals surface area contributed by atoms with Crippen molar-refractivity contribution in [2.75, 3.05) is 5.32 Å². The zero-order chi connectivity index (χ0) is 21.0. The van der Waals surface area contributed by atoms with Crippen LogP contribution in [0.1, 0.15) is 11.3 Å². The van der Waals surface area contributed by atoms with Gasteiger partial charge in [-0.1, -0.05) is 6.07 Å². The number of halogens is 4. The molecule has 1 N–H and O–H groups in total. The molecular weight excluding hydrogens is 388 g/mol. The molecule has 3 aromatic rings. The van der Waals surface area contributed by atoms with Gasteiger partial charge in [-0.2, -0.15) is 18.4 Å². The highest BCUT2D eigenvalue weighted by Crippen LogP contribution is 2.31. The fourth-order valence-corrected chi connectivity index (χ4v) is 2.46. The van der Waals surface area contributed by atoms with Crippen molar-refractivity contribution in [1.82, 2.24) is 0 Å². The number of nitrogens with one attached hydrogen (secondary N) is 1. The Balaban J connectivity index is 1.79. The molecule has 0 aliphatic rings. The molecule has 1 amide bonds. The summed E-state index contributed by atoms with van der Waals surface area (Å²) < 4.78 is 56.8. The van der Waals surface area contributed by atoms with Crippen LogP contribution in [-0.4, -0.2) is 5.91 Å². The molecule has 8 heteroatoms. The van der Waals surface area contributed by atoms with Gasteiger partial charge in [0.1, 0.15) is 29.0 Å². The third kappa shape index (κ3) is 4.90. The Labute approximate surface area is 162 Å². The molecule has 0 spiro atoms. The van der Waals surface area contributed by atoms with Crippen LogP contribution in [-0.2, 0) is 11.0 Å². The van der Waals surface area contributed by atoms with Crippen LogP contribution in [0, 0.1) is 17.1 Å². The van der Waals surface area contributed by atoms with E-state index in [-0.39, 0.29) is 17.0 Å². The largest absolute Gasteiger partial charge is 0.457 e. The molecule has 29 heavy (non-hydrogen) atoms. The van der Waals surface area contributed by atoms with E-state index in [1.807, 2.05) is 0 Å². The summed E-state index contributed by atoms with van der Waals surface area (Å²) in [6.45, 7) is 0. The maximum Gasteiger partial charge on any atom is 0.416 e. The summed E-state index contributed by atoms with van der Waals surface area (Å²) in [6, 6.07) is 14.4. The number of hydrogen-bond acceptors (Lipinski definition) is 3. The van der Waals surface area contributed by atoms with Gasteiger partial charge in [-0.05, 0) is 54.6 Å². The van der Waals surface area contributed by atoms with Crippen molar-refractivity contribution in [2.24, 2.45) is 0 Å². The molecule has 0 bridgehead atoms. The third-order valence-corrected chi connectivity index (χ3v) is 3.85. The number of amides is 1. The minimum Gasteiger partial charge on any atom is -0.457 e. The van der Waals surface area contributed by atoms with E-state index in [1.165, 1.54) is 36.4 Å². The first-order valence-electron chi connectivity index (χ1n) is 8.22. The van der Waals surface area contributed by atoms with Crippen LogP contribution in [0.3, 0.4) is 0 Å². The zero-order valence-electron chi connectivity index (χ0n) is 14.6. The number of nitriles is 1. The second-order valence-corrected chi connectivity index (χ2v) is 5.91. The van der Waals surface area contributed by atoms with Gasteiger partial charge in [0.2, 0.25) is 0 Å². The highest BCUT2D eigenvalue weighted by molar-refractivity contribution is 6.09. The van der Waals surface area contributed by atoms with Crippen molar-refractivity contribution in [3.8, 4) is 17.4 Å². The lowest BCUT2D eigenvalue weighted by Gasteiger charge is -2.09. The summed E-state index contributed by atoms with van der Waals surface area (Å²) in [4.78, 5) is 12.3. The Morgan fingerprint density at radius 3 is 2.45 bits per heavy atom. The van der Waals surface area contributed by atoms with Gasteiger partial charge >= 0.3 is 6.18 Å². The monoisotopic (exact) mass is 400 g/mol. The third-order valence-electron chi connectivity index (χ3n) is 3.85. The quantitative estimate of drug-likeness (QED) is 0.350. The van der Waals surface area contributed by atoms with Crippen molar-refractivity contribution in [1.29, 1.82) is 5.26 Å². The maximum atomic E-state index is 13.0. The van der Waals surface area contributed by atoms with Gasteiger partial charge in [-0.15, -0.1) is 0 Å². The Hall–Kier alpha value is -3.86. The number of carbonyl (C=O) groups is 1. The van der Waals surface area contributed by atoms with Crippen LogP contribution in [0.5, 0.6) is 0 Å². The number of alkyl halides is 3. The van der Waals surface area contributed by atoms with E-state index in [0.29, 0.717) is 11.3 Å². The van der Waals surface area contributed by atoms with Crippen LogP contribution < -0.4 is 5.32 Å². The molecule has 2 aromatic carbocycles. The second kappa shape index (κ2) is 8.02. The predicted octanol–water partition coefficient (Wildman–Crippen LogP) is 5.65. The summed E-state index contributed by atoms with van der Waals surface area (Å²) in [7, 11) is 0. The minimum atomic E-state index is -4.56. The molecule has 0 aliphatic heterocycles. The normalized spacial score (nSPS) is 11.8. The summed E-state index contributed by atoms with van der Waals surface area (Å²) in [6.07, 6.45) is -3.39. The summed E-state index contributed by atoms with van der Waals surface area (Å²) in [5.41, 5.74) is -0.787. The van der Waals surface area contributed by atoms with E-state index >= 15 is 0 Å². The van der Waals surface area contributed by atoms with Gasteiger partial charge in [0, 0.05) is 17.3 Å². The number of furan rings is 1. The SMILES string of the molecule is N#CC(=Cc1ccc(-c2ccc(F)cc2)o1)C(=O)Nc1cccc(C(F)(F)F)c1. The van der Waals surface area contributed by atoms with Crippen LogP contribution in [0.2, 0.25) is 0 Å². The smallest absolute Gasteiger partial charge is 0.416 e. The zero-order valence-corrected chi connectivity index (χ0v) is 14.6. The van der Waals surface area contributed by atoms with Crippen molar-refractivity contribution >= 4 is 17.7 Å². The van der Waals surface area contributed by atoms with E-state index in [0.717, 1.165) is 24.3 Å². The average Bonchev–Trinajstić information content (AvgIpc) is 3.14. The number of anilines is 1. The molecule has 0 saturated heterocycles. The second-order valence-electron chi connectivity index (χ2n) is 5.91. The van der Waals surface area contributed by atoms with Gasteiger partial charge < -0.3 is 9.73 Å². The molecule has 0 aliphatic carbocycles. The van der Waals surface area contributed by atoms with Crippen molar-refractivity contribution in [3.05, 3.63) is 83.4 Å². The van der Waals surface area contributed by atoms with Crippen molar-refractivity contribution in [2.45, 2.75) is 6.18 Å². The Morgan fingerprint density at radius 1 is 1.07 bits per heavy atom. The molecule has 1 heterocycles. The fourth-order valence-electron chi connectivity index (χ4n) is 2.46. The number of carbonyl (C=O) groups excluding carboxylic acids is 1. The van der Waals surface area contributed by atoms with Gasteiger partial charge in [-0.25, -0.2) is 4.39 Å². The lowest BCUT2D eigenvalue weighted by Crippen LogP contribution is -2.14. The molecule has 3 rings (SSSR count). The number of hydrogen-bond donors (Lipinski definition) is 1. The van der Waals surface area contributed by atoms with E-state index in [2.05, 4.69) is 5.32 Å². The van der Waals surface area contributed by atoms with E-state index in [9.17, 15) is 27.6 Å². The minimum absolute atomic E-state index is 0.0996. The molecule has 146 valence electrons. The molecule has 4 nitrogen and oxygen atoms in total. The first-order valence-corrected chi connectivity index (χ1v) is 8.22. The van der Waals surface area contributed by atoms with Crippen LogP contribution in [0.15, 0.2) is 70.7 Å². The summed E-state index contributed by atoms with van der Waals surface area (Å²) in [5.74, 6) is -0.711. The van der Waals surface area contributed by atoms with Crippen LogP contribution in [0.4, 0.5) is 23.2 Å². The predicted molar refractivity (Wildman–Crippen MR) is 97.8 cm³/mol. The number of benzene rings is 2. The first kappa shape index (κ1) is 19.9. The lowest BCUT2D eigenvalue weighted by molar-refractivity contribution is -0.137. The van der Waals surface area contributed by atoms with Crippen LogP contribution in [0.25, 0.3) is 17.4 Å². The van der Waals surface area contributed by atoms with Gasteiger partial charge in [0.25, 0.3) is 5.91 Å².